The third-order valence-electron chi connectivity index (χ3n) is 3.35. The van der Waals surface area contributed by atoms with Crippen LogP contribution in [0.1, 0.15) is 37.9 Å². The number of hydrogen-bond acceptors (Lipinski definition) is 3. The largest absolute Gasteiger partial charge is 0.494 e. The second kappa shape index (κ2) is 5.49. The highest BCUT2D eigenvalue weighted by atomic mass is 16.5. The van der Waals surface area contributed by atoms with Crippen LogP contribution in [0.4, 0.5) is 0 Å². The summed E-state index contributed by atoms with van der Waals surface area (Å²) in [7, 11) is 0. The van der Waals surface area contributed by atoms with Crippen LogP contribution in [0.2, 0.25) is 0 Å². The van der Waals surface area contributed by atoms with Crippen molar-refractivity contribution in [1.82, 2.24) is 9.97 Å². The van der Waals surface area contributed by atoms with Gasteiger partial charge in [0.05, 0.1) is 12.3 Å². The monoisotopic (exact) mass is 270 g/mol. The minimum atomic E-state index is -0.0804. The van der Waals surface area contributed by atoms with Gasteiger partial charge in [0.1, 0.15) is 11.6 Å². The van der Waals surface area contributed by atoms with Crippen LogP contribution in [-0.4, -0.2) is 16.6 Å². The van der Waals surface area contributed by atoms with E-state index in [0.29, 0.717) is 12.5 Å². The van der Waals surface area contributed by atoms with Gasteiger partial charge in [-0.05, 0) is 43.5 Å². The zero-order valence-corrected chi connectivity index (χ0v) is 11.6. The minimum absolute atomic E-state index is 0.0804. The van der Waals surface area contributed by atoms with E-state index in [2.05, 4.69) is 16.9 Å². The van der Waals surface area contributed by atoms with Gasteiger partial charge in [0.2, 0.25) is 0 Å². The number of hydrogen-bond donors (Lipinski definition) is 1. The van der Waals surface area contributed by atoms with Crippen LogP contribution in [0.25, 0.3) is 11.3 Å². The van der Waals surface area contributed by atoms with Gasteiger partial charge in [-0.2, -0.15) is 0 Å². The molecule has 1 heterocycles. The van der Waals surface area contributed by atoms with Gasteiger partial charge >= 0.3 is 0 Å². The number of benzene rings is 1. The van der Waals surface area contributed by atoms with Crippen molar-refractivity contribution >= 4 is 0 Å². The summed E-state index contributed by atoms with van der Waals surface area (Å²) in [6, 6.07) is 9.29. The minimum Gasteiger partial charge on any atom is -0.494 e. The maximum atomic E-state index is 11.7. The van der Waals surface area contributed by atoms with E-state index in [-0.39, 0.29) is 5.56 Å². The second-order valence-corrected chi connectivity index (χ2v) is 5.16. The van der Waals surface area contributed by atoms with Crippen LogP contribution in [0.5, 0.6) is 5.75 Å². The third-order valence-corrected chi connectivity index (χ3v) is 3.35. The van der Waals surface area contributed by atoms with Crippen molar-refractivity contribution in [3.63, 3.8) is 0 Å². The fraction of sp³-hybridized carbons (Fsp3) is 0.375. The van der Waals surface area contributed by atoms with Gasteiger partial charge in [-0.25, -0.2) is 4.98 Å². The van der Waals surface area contributed by atoms with Crippen LogP contribution in [0, 0.1) is 0 Å². The molecule has 3 rings (SSSR count). The van der Waals surface area contributed by atoms with E-state index in [1.807, 2.05) is 24.3 Å². The predicted molar refractivity (Wildman–Crippen MR) is 78.1 cm³/mol. The van der Waals surface area contributed by atoms with Gasteiger partial charge in [-0.15, -0.1) is 0 Å². The fourth-order valence-electron chi connectivity index (χ4n) is 2.12. The highest BCUT2D eigenvalue weighted by molar-refractivity contribution is 5.59. The molecule has 0 bridgehead atoms. The summed E-state index contributed by atoms with van der Waals surface area (Å²) in [6.07, 6.45) is 3.23. The lowest BCUT2D eigenvalue weighted by molar-refractivity contribution is 0.317. The van der Waals surface area contributed by atoms with Crippen molar-refractivity contribution in [1.29, 1.82) is 0 Å². The zero-order valence-electron chi connectivity index (χ0n) is 11.6. The topological polar surface area (TPSA) is 55.0 Å². The Kier molecular flexibility index (Phi) is 3.54. The van der Waals surface area contributed by atoms with Crippen LogP contribution < -0.4 is 10.3 Å². The molecule has 1 aliphatic rings. The summed E-state index contributed by atoms with van der Waals surface area (Å²) < 4.78 is 5.55. The molecule has 0 radical (unpaired) electrons. The fourth-order valence-corrected chi connectivity index (χ4v) is 2.12. The molecule has 4 heteroatoms. The van der Waals surface area contributed by atoms with Crippen molar-refractivity contribution in [2.75, 3.05) is 6.61 Å². The highest BCUT2D eigenvalue weighted by Crippen LogP contribution is 2.38. The van der Waals surface area contributed by atoms with Crippen molar-refractivity contribution in [2.24, 2.45) is 0 Å². The highest BCUT2D eigenvalue weighted by Gasteiger charge is 2.26. The van der Waals surface area contributed by atoms with E-state index in [0.717, 1.165) is 42.1 Å². The van der Waals surface area contributed by atoms with E-state index < -0.39 is 0 Å². The number of rotatable bonds is 5. The Hall–Kier alpha value is -2.10. The summed E-state index contributed by atoms with van der Waals surface area (Å²) in [6.45, 7) is 2.79. The molecule has 0 spiro atoms. The average molecular weight is 270 g/mol. The Morgan fingerprint density at radius 3 is 2.70 bits per heavy atom. The molecule has 0 atom stereocenters. The Bertz CT molecular complexity index is 642. The molecule has 0 unspecified atom stereocenters. The number of nitrogens with one attached hydrogen (secondary N) is 1. The van der Waals surface area contributed by atoms with Crippen molar-refractivity contribution in [3.8, 4) is 17.0 Å². The molecule has 4 nitrogen and oxygen atoms in total. The van der Waals surface area contributed by atoms with Gasteiger partial charge in [-0.3, -0.25) is 4.79 Å². The molecule has 1 fully saturated rings. The Morgan fingerprint density at radius 2 is 2.05 bits per heavy atom. The van der Waals surface area contributed by atoms with Crippen molar-refractivity contribution in [3.05, 3.63) is 46.5 Å². The zero-order chi connectivity index (χ0) is 13.9. The molecule has 1 aromatic heterocycles. The molecule has 20 heavy (non-hydrogen) atoms. The number of H-pyrrole nitrogens is 1. The number of ether oxygens (including phenoxy) is 1. The lowest BCUT2D eigenvalue weighted by atomic mass is 10.1. The van der Waals surface area contributed by atoms with Crippen LogP contribution >= 0.6 is 0 Å². The summed E-state index contributed by atoms with van der Waals surface area (Å²) in [5.41, 5.74) is 1.60. The SMILES string of the molecule is CCCOc1ccc(-c2cc(=O)[nH]c(C3CC3)n2)cc1. The second-order valence-electron chi connectivity index (χ2n) is 5.16. The standard InChI is InChI=1S/C16H18N2O2/c1-2-9-20-13-7-5-11(6-8-13)14-10-15(19)18-16(17-14)12-3-4-12/h5-8,10,12H,2-4,9H2,1H3,(H,17,18,19). The molecule has 0 amide bonds. The molecule has 1 aliphatic carbocycles. The summed E-state index contributed by atoms with van der Waals surface area (Å²) in [5, 5.41) is 0. The first kappa shape index (κ1) is 12.9. The lowest BCUT2D eigenvalue weighted by Gasteiger charge is -2.06. The number of aromatic nitrogens is 2. The molecular formula is C16H18N2O2. The molecule has 1 aromatic carbocycles. The summed E-state index contributed by atoms with van der Waals surface area (Å²) >= 11 is 0. The Balaban J connectivity index is 1.86. The van der Waals surface area contributed by atoms with Crippen molar-refractivity contribution < 1.29 is 4.74 Å². The Labute approximate surface area is 117 Å². The van der Waals surface area contributed by atoms with Crippen LogP contribution in [-0.2, 0) is 0 Å². The molecule has 1 saturated carbocycles. The molecule has 104 valence electrons. The van der Waals surface area contributed by atoms with Crippen molar-refractivity contribution in [2.45, 2.75) is 32.1 Å². The van der Waals surface area contributed by atoms with E-state index >= 15 is 0 Å². The van der Waals surface area contributed by atoms with Gasteiger partial charge in [-0.1, -0.05) is 6.92 Å². The van der Waals surface area contributed by atoms with Crippen LogP contribution in [0.3, 0.4) is 0 Å². The smallest absolute Gasteiger partial charge is 0.251 e. The van der Waals surface area contributed by atoms with E-state index in [1.165, 1.54) is 0 Å². The summed E-state index contributed by atoms with van der Waals surface area (Å²) in [5.74, 6) is 2.11. The predicted octanol–water partition coefficient (Wildman–Crippen LogP) is 3.10. The molecule has 0 aliphatic heterocycles. The van der Waals surface area contributed by atoms with E-state index in [1.54, 1.807) is 6.07 Å². The van der Waals surface area contributed by atoms with Gasteiger partial charge < -0.3 is 9.72 Å². The van der Waals surface area contributed by atoms with Gasteiger partial charge in [0.25, 0.3) is 5.56 Å². The van der Waals surface area contributed by atoms with Gasteiger partial charge in [0.15, 0.2) is 0 Å². The third kappa shape index (κ3) is 2.90. The molecule has 1 N–H and O–H groups in total. The number of aromatic amines is 1. The average Bonchev–Trinajstić information content (AvgIpc) is 3.29. The number of nitrogens with zero attached hydrogens (tertiary/aromatic N) is 1. The summed E-state index contributed by atoms with van der Waals surface area (Å²) in [4.78, 5) is 19.1. The first-order chi connectivity index (χ1) is 9.76. The van der Waals surface area contributed by atoms with Gasteiger partial charge in [0, 0.05) is 17.5 Å². The quantitative estimate of drug-likeness (QED) is 0.908. The molecule has 0 saturated heterocycles. The first-order valence-corrected chi connectivity index (χ1v) is 7.11. The maximum Gasteiger partial charge on any atom is 0.251 e. The first-order valence-electron chi connectivity index (χ1n) is 7.11. The maximum absolute atomic E-state index is 11.7. The van der Waals surface area contributed by atoms with Crippen LogP contribution in [0.15, 0.2) is 35.1 Å². The Morgan fingerprint density at radius 1 is 1.30 bits per heavy atom. The lowest BCUT2D eigenvalue weighted by Crippen LogP contribution is -2.10. The molecular weight excluding hydrogens is 252 g/mol. The van der Waals surface area contributed by atoms with E-state index in [9.17, 15) is 4.79 Å². The normalized spacial score (nSPS) is 14.2. The van der Waals surface area contributed by atoms with E-state index in [4.69, 9.17) is 4.74 Å². The molecule has 2 aromatic rings.